The lowest BCUT2D eigenvalue weighted by Gasteiger charge is -1.95. The SMILES string of the molecule is CCOC(=O)C=CC(=O)OCC.OCC=CCO. The van der Waals surface area contributed by atoms with Crippen LogP contribution in [-0.4, -0.2) is 48.6 Å². The molecule has 0 heterocycles. The van der Waals surface area contributed by atoms with Gasteiger partial charge in [0.25, 0.3) is 0 Å². The van der Waals surface area contributed by atoms with Crippen LogP contribution in [0.25, 0.3) is 0 Å². The third kappa shape index (κ3) is 16.8. The number of ether oxygens (including phenoxy) is 2. The summed E-state index contributed by atoms with van der Waals surface area (Å²) in [7, 11) is 0. The highest BCUT2D eigenvalue weighted by Gasteiger charge is 1.97. The van der Waals surface area contributed by atoms with Crippen molar-refractivity contribution in [1.82, 2.24) is 0 Å². The van der Waals surface area contributed by atoms with Gasteiger partial charge < -0.3 is 19.7 Å². The predicted octanol–water partition coefficient (Wildman–Crippen LogP) is 0.196. The Labute approximate surface area is 107 Å². The largest absolute Gasteiger partial charge is 0.463 e. The van der Waals surface area contributed by atoms with Crippen molar-refractivity contribution in [3.05, 3.63) is 24.3 Å². The fourth-order valence-corrected chi connectivity index (χ4v) is 0.666. The molecule has 0 aromatic carbocycles. The molecule has 0 bridgehead atoms. The van der Waals surface area contributed by atoms with Gasteiger partial charge in [-0.15, -0.1) is 0 Å². The molecule has 0 fully saturated rings. The van der Waals surface area contributed by atoms with Gasteiger partial charge in [-0.3, -0.25) is 0 Å². The number of esters is 2. The molecule has 6 nitrogen and oxygen atoms in total. The van der Waals surface area contributed by atoms with E-state index in [4.69, 9.17) is 10.2 Å². The molecular formula is C12H20O6. The van der Waals surface area contributed by atoms with Crippen molar-refractivity contribution in [1.29, 1.82) is 0 Å². The van der Waals surface area contributed by atoms with Crippen LogP contribution in [0.3, 0.4) is 0 Å². The molecule has 0 amide bonds. The Morgan fingerprint density at radius 2 is 1.22 bits per heavy atom. The molecule has 0 saturated heterocycles. The molecule has 18 heavy (non-hydrogen) atoms. The third-order valence-corrected chi connectivity index (χ3v) is 1.31. The number of carbonyl (C=O) groups is 2. The quantitative estimate of drug-likeness (QED) is 0.402. The molecule has 0 spiro atoms. The molecule has 0 aliphatic carbocycles. The Morgan fingerprint density at radius 3 is 1.44 bits per heavy atom. The van der Waals surface area contributed by atoms with Gasteiger partial charge in [0.2, 0.25) is 0 Å². The predicted molar refractivity (Wildman–Crippen MR) is 65.7 cm³/mol. The van der Waals surface area contributed by atoms with Crippen LogP contribution in [0.5, 0.6) is 0 Å². The van der Waals surface area contributed by atoms with E-state index in [1.807, 2.05) is 0 Å². The summed E-state index contributed by atoms with van der Waals surface area (Å²) in [5.74, 6) is -1.07. The molecule has 0 rings (SSSR count). The van der Waals surface area contributed by atoms with E-state index in [0.717, 1.165) is 12.2 Å². The molecule has 104 valence electrons. The van der Waals surface area contributed by atoms with Crippen LogP contribution in [0.1, 0.15) is 13.8 Å². The van der Waals surface area contributed by atoms with Crippen LogP contribution < -0.4 is 0 Å². The molecule has 0 aromatic heterocycles. The van der Waals surface area contributed by atoms with E-state index < -0.39 is 11.9 Å². The van der Waals surface area contributed by atoms with Crippen LogP contribution in [0.4, 0.5) is 0 Å². The van der Waals surface area contributed by atoms with Gasteiger partial charge in [-0.25, -0.2) is 9.59 Å². The highest BCUT2D eigenvalue weighted by molar-refractivity contribution is 5.91. The standard InChI is InChI=1S/C8H12O4.C4H8O2/c1-3-11-7(9)5-6-8(10)12-4-2;5-3-1-2-4-6/h5-6H,3-4H2,1-2H3;1-2,5-6H,3-4H2. The number of hydrogen-bond acceptors (Lipinski definition) is 6. The summed E-state index contributed by atoms with van der Waals surface area (Å²) in [6, 6.07) is 0. The van der Waals surface area contributed by atoms with Crippen molar-refractivity contribution >= 4 is 11.9 Å². The van der Waals surface area contributed by atoms with Gasteiger partial charge >= 0.3 is 11.9 Å². The lowest BCUT2D eigenvalue weighted by atomic mass is 10.5. The van der Waals surface area contributed by atoms with Crippen molar-refractivity contribution in [2.75, 3.05) is 26.4 Å². The molecule has 0 aliphatic heterocycles. The maximum atomic E-state index is 10.6. The lowest BCUT2D eigenvalue weighted by molar-refractivity contribution is -0.140. The molecule has 0 radical (unpaired) electrons. The van der Waals surface area contributed by atoms with Crippen molar-refractivity contribution in [2.45, 2.75) is 13.8 Å². The van der Waals surface area contributed by atoms with Crippen LogP contribution in [0, 0.1) is 0 Å². The van der Waals surface area contributed by atoms with E-state index in [0.29, 0.717) is 13.2 Å². The maximum absolute atomic E-state index is 10.6. The van der Waals surface area contributed by atoms with Crippen molar-refractivity contribution in [2.24, 2.45) is 0 Å². The summed E-state index contributed by atoms with van der Waals surface area (Å²) in [5, 5.41) is 16.0. The summed E-state index contributed by atoms with van der Waals surface area (Å²) in [6.45, 7) is 4.01. The third-order valence-electron chi connectivity index (χ3n) is 1.31. The molecular weight excluding hydrogens is 240 g/mol. The first-order chi connectivity index (χ1) is 8.62. The highest BCUT2D eigenvalue weighted by atomic mass is 16.5. The first-order valence-electron chi connectivity index (χ1n) is 5.50. The minimum atomic E-state index is -0.537. The number of carbonyl (C=O) groups excluding carboxylic acids is 2. The Balaban J connectivity index is 0. The first kappa shape index (κ1) is 18.7. The van der Waals surface area contributed by atoms with Crippen molar-refractivity contribution in [3.8, 4) is 0 Å². The molecule has 6 heteroatoms. The smallest absolute Gasteiger partial charge is 0.330 e. The summed E-state index contributed by atoms with van der Waals surface area (Å²) < 4.78 is 9.07. The molecule has 0 aromatic rings. The van der Waals surface area contributed by atoms with Gasteiger partial charge in [-0.1, -0.05) is 12.2 Å². The number of aliphatic hydroxyl groups excluding tert-OH is 2. The first-order valence-corrected chi connectivity index (χ1v) is 5.50. The van der Waals surface area contributed by atoms with E-state index in [9.17, 15) is 9.59 Å². The second-order valence-electron chi connectivity index (χ2n) is 2.67. The van der Waals surface area contributed by atoms with E-state index in [-0.39, 0.29) is 13.2 Å². The fraction of sp³-hybridized carbons (Fsp3) is 0.500. The van der Waals surface area contributed by atoms with Crippen LogP contribution >= 0.6 is 0 Å². The second-order valence-corrected chi connectivity index (χ2v) is 2.67. The van der Waals surface area contributed by atoms with E-state index in [1.165, 1.54) is 12.2 Å². The topological polar surface area (TPSA) is 93.1 Å². The fourth-order valence-electron chi connectivity index (χ4n) is 0.666. The highest BCUT2D eigenvalue weighted by Crippen LogP contribution is 1.84. The Bertz CT molecular complexity index is 244. The molecule has 0 unspecified atom stereocenters. The molecule has 2 N–H and O–H groups in total. The summed E-state index contributed by atoms with van der Waals surface area (Å²) >= 11 is 0. The molecule has 0 atom stereocenters. The van der Waals surface area contributed by atoms with Gasteiger partial charge in [0.1, 0.15) is 0 Å². The Hall–Kier alpha value is -1.66. The van der Waals surface area contributed by atoms with Gasteiger partial charge in [0.05, 0.1) is 26.4 Å². The lowest BCUT2D eigenvalue weighted by Crippen LogP contribution is -2.03. The zero-order chi connectivity index (χ0) is 14.2. The van der Waals surface area contributed by atoms with Crippen LogP contribution in [-0.2, 0) is 19.1 Å². The summed E-state index contributed by atoms with van der Waals surface area (Å²) in [6.07, 6.45) is 5.06. The number of aliphatic hydroxyl groups is 2. The minimum Gasteiger partial charge on any atom is -0.463 e. The minimum absolute atomic E-state index is 0.0144. The van der Waals surface area contributed by atoms with E-state index in [1.54, 1.807) is 13.8 Å². The monoisotopic (exact) mass is 260 g/mol. The van der Waals surface area contributed by atoms with Crippen molar-refractivity contribution in [3.63, 3.8) is 0 Å². The number of rotatable bonds is 6. The summed E-state index contributed by atoms with van der Waals surface area (Å²) in [4.78, 5) is 21.3. The van der Waals surface area contributed by atoms with E-state index >= 15 is 0 Å². The number of hydrogen-bond donors (Lipinski definition) is 2. The summed E-state index contributed by atoms with van der Waals surface area (Å²) in [5.41, 5.74) is 0. The van der Waals surface area contributed by atoms with Crippen LogP contribution in [0.2, 0.25) is 0 Å². The normalized spacial score (nSPS) is 10.0. The van der Waals surface area contributed by atoms with Gasteiger partial charge in [-0.2, -0.15) is 0 Å². The zero-order valence-electron chi connectivity index (χ0n) is 10.7. The average molecular weight is 260 g/mol. The van der Waals surface area contributed by atoms with Gasteiger partial charge in [-0.05, 0) is 13.8 Å². The van der Waals surface area contributed by atoms with Crippen LogP contribution in [0.15, 0.2) is 24.3 Å². The van der Waals surface area contributed by atoms with Gasteiger partial charge in [0, 0.05) is 12.2 Å². The molecule has 0 aliphatic rings. The Kier molecular flexibility index (Phi) is 15.9. The zero-order valence-corrected chi connectivity index (χ0v) is 10.7. The second kappa shape index (κ2) is 15.3. The average Bonchev–Trinajstić information content (AvgIpc) is 2.35. The molecule has 0 saturated carbocycles. The maximum Gasteiger partial charge on any atom is 0.330 e. The van der Waals surface area contributed by atoms with E-state index in [2.05, 4.69) is 9.47 Å². The van der Waals surface area contributed by atoms with Gasteiger partial charge in [0.15, 0.2) is 0 Å². The van der Waals surface area contributed by atoms with Crippen molar-refractivity contribution < 1.29 is 29.3 Å². The Morgan fingerprint density at radius 1 is 0.889 bits per heavy atom.